The minimum Gasteiger partial charge on any atom is -0.380 e. The van der Waals surface area contributed by atoms with Gasteiger partial charge < -0.3 is 10.5 Å². The zero-order valence-electron chi connectivity index (χ0n) is 10.3. The van der Waals surface area contributed by atoms with Crippen molar-refractivity contribution in [3.05, 3.63) is 0 Å². The summed E-state index contributed by atoms with van der Waals surface area (Å²) < 4.78 is 5.62. The van der Waals surface area contributed by atoms with Gasteiger partial charge in [0.2, 0.25) is 0 Å². The summed E-state index contributed by atoms with van der Waals surface area (Å²) >= 11 is 0. The van der Waals surface area contributed by atoms with Crippen LogP contribution in [0, 0.1) is 16.7 Å². The quantitative estimate of drug-likeness (QED) is 0.798. The lowest BCUT2D eigenvalue weighted by molar-refractivity contribution is -0.240. The third kappa shape index (κ3) is 1.32. The van der Waals surface area contributed by atoms with Gasteiger partial charge in [-0.05, 0) is 43.6 Å². The zero-order valence-corrected chi connectivity index (χ0v) is 10.3. The van der Waals surface area contributed by atoms with Crippen molar-refractivity contribution in [1.29, 1.82) is 0 Å². The summed E-state index contributed by atoms with van der Waals surface area (Å²) in [5, 5.41) is 0. The van der Waals surface area contributed by atoms with Crippen LogP contribution in [0.5, 0.6) is 0 Å². The van der Waals surface area contributed by atoms with E-state index in [1.54, 1.807) is 0 Å². The normalized spacial score (nSPS) is 32.8. The van der Waals surface area contributed by atoms with Crippen LogP contribution >= 0.6 is 0 Å². The van der Waals surface area contributed by atoms with Crippen molar-refractivity contribution in [3.63, 3.8) is 0 Å². The summed E-state index contributed by atoms with van der Waals surface area (Å²) in [6.07, 6.45) is 11.3. The van der Waals surface area contributed by atoms with Gasteiger partial charge in [-0.25, -0.2) is 0 Å². The van der Waals surface area contributed by atoms with Gasteiger partial charge in [0.15, 0.2) is 0 Å². The Morgan fingerprint density at radius 2 is 1.69 bits per heavy atom. The van der Waals surface area contributed by atoms with Crippen LogP contribution in [0.3, 0.4) is 0 Å². The zero-order chi connectivity index (χ0) is 11.1. The summed E-state index contributed by atoms with van der Waals surface area (Å²) in [6.45, 7) is 2.91. The molecule has 0 aromatic carbocycles. The lowest BCUT2D eigenvalue weighted by Crippen LogP contribution is -2.64. The SMILES string of the molecule is NCC1(C2(C3CCCCC3)COC2)CCC1. The lowest BCUT2D eigenvalue weighted by atomic mass is 9.46. The van der Waals surface area contributed by atoms with E-state index in [0.29, 0.717) is 10.8 Å². The molecule has 2 heteroatoms. The first-order chi connectivity index (χ1) is 7.83. The molecule has 1 heterocycles. The summed E-state index contributed by atoms with van der Waals surface area (Å²) in [6, 6.07) is 0. The monoisotopic (exact) mass is 223 g/mol. The van der Waals surface area contributed by atoms with Crippen molar-refractivity contribution in [3.8, 4) is 0 Å². The molecule has 2 saturated carbocycles. The Morgan fingerprint density at radius 3 is 2.06 bits per heavy atom. The Bertz CT molecular complexity index is 244. The fraction of sp³-hybridized carbons (Fsp3) is 1.00. The van der Waals surface area contributed by atoms with Gasteiger partial charge in [-0.1, -0.05) is 25.7 Å². The Balaban J connectivity index is 1.81. The minimum atomic E-state index is 0.466. The summed E-state index contributed by atoms with van der Waals surface area (Å²) in [7, 11) is 0. The highest BCUT2D eigenvalue weighted by atomic mass is 16.5. The molecule has 0 atom stereocenters. The minimum absolute atomic E-state index is 0.466. The molecule has 0 bridgehead atoms. The molecular weight excluding hydrogens is 198 g/mol. The van der Waals surface area contributed by atoms with Gasteiger partial charge >= 0.3 is 0 Å². The van der Waals surface area contributed by atoms with E-state index in [1.165, 1.54) is 51.4 Å². The molecule has 3 rings (SSSR count). The number of hydrogen-bond acceptors (Lipinski definition) is 2. The Hall–Kier alpha value is -0.0800. The van der Waals surface area contributed by atoms with Gasteiger partial charge in [0.05, 0.1) is 13.2 Å². The molecule has 0 radical (unpaired) electrons. The van der Waals surface area contributed by atoms with E-state index >= 15 is 0 Å². The van der Waals surface area contributed by atoms with Crippen molar-refractivity contribution in [2.75, 3.05) is 19.8 Å². The van der Waals surface area contributed by atoms with Crippen LogP contribution in [0.2, 0.25) is 0 Å². The highest BCUT2D eigenvalue weighted by molar-refractivity contribution is 5.09. The van der Waals surface area contributed by atoms with Gasteiger partial charge in [-0.3, -0.25) is 0 Å². The third-order valence-corrected chi connectivity index (χ3v) is 5.86. The van der Waals surface area contributed by atoms with Crippen molar-refractivity contribution < 1.29 is 4.74 Å². The highest BCUT2D eigenvalue weighted by Crippen LogP contribution is 2.62. The second-order valence-electron chi connectivity index (χ2n) is 6.32. The molecule has 0 unspecified atom stereocenters. The van der Waals surface area contributed by atoms with E-state index in [-0.39, 0.29) is 0 Å². The van der Waals surface area contributed by atoms with Crippen molar-refractivity contribution >= 4 is 0 Å². The third-order valence-electron chi connectivity index (χ3n) is 5.86. The topological polar surface area (TPSA) is 35.2 Å². The van der Waals surface area contributed by atoms with Crippen LogP contribution in [0.1, 0.15) is 51.4 Å². The molecule has 0 aromatic heterocycles. The Morgan fingerprint density at radius 1 is 1.00 bits per heavy atom. The Labute approximate surface area is 98.9 Å². The predicted octanol–water partition coefficient (Wildman–Crippen LogP) is 2.71. The van der Waals surface area contributed by atoms with Crippen LogP contribution in [0.4, 0.5) is 0 Å². The van der Waals surface area contributed by atoms with Gasteiger partial charge in [0, 0.05) is 5.41 Å². The smallest absolute Gasteiger partial charge is 0.0553 e. The van der Waals surface area contributed by atoms with E-state index in [9.17, 15) is 0 Å². The molecule has 3 fully saturated rings. The molecule has 1 aliphatic heterocycles. The average Bonchev–Trinajstić information content (AvgIpc) is 2.22. The van der Waals surface area contributed by atoms with E-state index in [4.69, 9.17) is 10.5 Å². The molecule has 2 aliphatic carbocycles. The molecule has 3 aliphatic rings. The van der Waals surface area contributed by atoms with Gasteiger partial charge in [0.1, 0.15) is 0 Å². The van der Waals surface area contributed by atoms with Crippen LogP contribution in [0.25, 0.3) is 0 Å². The summed E-state index contributed by atoms with van der Waals surface area (Å²) in [5.41, 5.74) is 7.07. The Kier molecular flexibility index (Phi) is 2.75. The molecule has 2 nitrogen and oxygen atoms in total. The average molecular weight is 223 g/mol. The first kappa shape index (κ1) is 11.0. The van der Waals surface area contributed by atoms with Crippen molar-refractivity contribution in [2.24, 2.45) is 22.5 Å². The van der Waals surface area contributed by atoms with Crippen LogP contribution in [0.15, 0.2) is 0 Å². The fourth-order valence-electron chi connectivity index (χ4n) is 4.46. The maximum atomic E-state index is 6.12. The predicted molar refractivity (Wildman–Crippen MR) is 65.2 cm³/mol. The fourth-order valence-corrected chi connectivity index (χ4v) is 4.46. The first-order valence-electron chi connectivity index (χ1n) is 7.11. The standard InChI is InChI=1S/C14H25NO/c15-9-13(7-4-8-13)14(10-16-11-14)12-5-2-1-3-6-12/h12H,1-11,15H2. The maximum Gasteiger partial charge on any atom is 0.0553 e. The maximum absolute atomic E-state index is 6.12. The molecule has 16 heavy (non-hydrogen) atoms. The highest BCUT2D eigenvalue weighted by Gasteiger charge is 2.61. The number of nitrogens with two attached hydrogens (primary N) is 1. The first-order valence-corrected chi connectivity index (χ1v) is 7.11. The lowest BCUT2D eigenvalue weighted by Gasteiger charge is -2.63. The van der Waals surface area contributed by atoms with Crippen molar-refractivity contribution in [1.82, 2.24) is 0 Å². The van der Waals surface area contributed by atoms with Crippen LogP contribution < -0.4 is 5.73 Å². The van der Waals surface area contributed by atoms with E-state index in [2.05, 4.69) is 0 Å². The van der Waals surface area contributed by atoms with Crippen molar-refractivity contribution in [2.45, 2.75) is 51.4 Å². The number of rotatable bonds is 3. The van der Waals surface area contributed by atoms with E-state index in [1.807, 2.05) is 0 Å². The molecule has 1 saturated heterocycles. The second kappa shape index (κ2) is 3.99. The molecule has 92 valence electrons. The molecule has 2 N–H and O–H groups in total. The molecular formula is C14H25NO. The van der Waals surface area contributed by atoms with E-state index < -0.39 is 0 Å². The van der Waals surface area contributed by atoms with Crippen LogP contribution in [-0.2, 0) is 4.74 Å². The van der Waals surface area contributed by atoms with Gasteiger partial charge in [-0.15, -0.1) is 0 Å². The molecule has 0 amide bonds. The second-order valence-corrected chi connectivity index (χ2v) is 6.32. The van der Waals surface area contributed by atoms with Gasteiger partial charge in [-0.2, -0.15) is 0 Å². The van der Waals surface area contributed by atoms with Gasteiger partial charge in [0.25, 0.3) is 0 Å². The summed E-state index contributed by atoms with van der Waals surface area (Å²) in [4.78, 5) is 0. The number of hydrogen-bond donors (Lipinski definition) is 1. The molecule has 0 aromatic rings. The summed E-state index contributed by atoms with van der Waals surface area (Å²) in [5.74, 6) is 0.916. The van der Waals surface area contributed by atoms with Crippen LogP contribution in [-0.4, -0.2) is 19.8 Å². The molecule has 0 spiro atoms. The number of ether oxygens (including phenoxy) is 1. The van der Waals surface area contributed by atoms with E-state index in [0.717, 1.165) is 25.7 Å². The largest absolute Gasteiger partial charge is 0.380 e.